The first kappa shape index (κ1) is 14.6. The van der Waals surface area contributed by atoms with Gasteiger partial charge < -0.3 is 10.6 Å². The maximum Gasteiger partial charge on any atom is 0.146 e. The van der Waals surface area contributed by atoms with E-state index in [-0.39, 0.29) is 0 Å². The Labute approximate surface area is 123 Å². The summed E-state index contributed by atoms with van der Waals surface area (Å²) in [6.45, 7) is 7.59. The molecule has 1 saturated carbocycles. The number of aromatic nitrogens is 2. The summed E-state index contributed by atoms with van der Waals surface area (Å²) in [6.07, 6.45) is 5.39. The van der Waals surface area contributed by atoms with Gasteiger partial charge in [0.05, 0.1) is 0 Å². The van der Waals surface area contributed by atoms with Crippen molar-refractivity contribution in [2.45, 2.75) is 46.1 Å². The highest BCUT2D eigenvalue weighted by Gasteiger charge is 2.24. The Balaban J connectivity index is 2.08. The smallest absolute Gasteiger partial charge is 0.146 e. The van der Waals surface area contributed by atoms with Crippen molar-refractivity contribution >= 4 is 27.6 Å². The van der Waals surface area contributed by atoms with Gasteiger partial charge in [0.1, 0.15) is 22.4 Å². The molecule has 0 aliphatic heterocycles. The van der Waals surface area contributed by atoms with Gasteiger partial charge in [0.2, 0.25) is 0 Å². The average molecular weight is 327 g/mol. The zero-order valence-corrected chi connectivity index (χ0v) is 13.5. The molecule has 2 unspecified atom stereocenters. The fourth-order valence-electron chi connectivity index (χ4n) is 3.02. The fourth-order valence-corrected chi connectivity index (χ4v) is 3.48. The lowest BCUT2D eigenvalue weighted by molar-refractivity contribution is 0.280. The first-order valence-corrected chi connectivity index (χ1v) is 7.90. The quantitative estimate of drug-likeness (QED) is 0.880. The Morgan fingerprint density at radius 3 is 2.42 bits per heavy atom. The lowest BCUT2D eigenvalue weighted by Gasteiger charge is -2.32. The van der Waals surface area contributed by atoms with Gasteiger partial charge in [-0.05, 0) is 54.0 Å². The van der Waals surface area contributed by atoms with E-state index < -0.39 is 0 Å². The van der Waals surface area contributed by atoms with Crippen LogP contribution in [0.3, 0.4) is 0 Å². The van der Waals surface area contributed by atoms with Gasteiger partial charge in [-0.25, -0.2) is 9.97 Å². The van der Waals surface area contributed by atoms with Crippen molar-refractivity contribution in [1.29, 1.82) is 0 Å². The van der Waals surface area contributed by atoms with E-state index in [9.17, 15) is 0 Å². The third-order valence-corrected chi connectivity index (χ3v) is 4.40. The molecule has 19 heavy (non-hydrogen) atoms. The van der Waals surface area contributed by atoms with Crippen LogP contribution in [0.2, 0.25) is 0 Å². The molecular weight excluding hydrogens is 304 g/mol. The van der Waals surface area contributed by atoms with E-state index in [0.717, 1.165) is 34.5 Å². The van der Waals surface area contributed by atoms with Crippen LogP contribution in [0.4, 0.5) is 11.6 Å². The van der Waals surface area contributed by atoms with Gasteiger partial charge in [0, 0.05) is 12.6 Å². The SMILES string of the molecule is CCNc1ncnc(NC2CC(C)CC(C)C2)c1Br. The molecule has 5 heteroatoms. The number of nitrogens with zero attached hydrogens (tertiary/aromatic N) is 2. The van der Waals surface area contributed by atoms with Gasteiger partial charge in [-0.3, -0.25) is 0 Å². The first-order chi connectivity index (χ1) is 9.10. The summed E-state index contributed by atoms with van der Waals surface area (Å²) in [7, 11) is 0. The lowest BCUT2D eigenvalue weighted by atomic mass is 9.80. The molecular formula is C14H23BrN4. The molecule has 0 spiro atoms. The molecule has 1 aliphatic carbocycles. The van der Waals surface area contributed by atoms with Crippen molar-refractivity contribution in [1.82, 2.24) is 9.97 Å². The molecule has 0 amide bonds. The molecule has 1 fully saturated rings. The van der Waals surface area contributed by atoms with E-state index in [1.807, 2.05) is 0 Å². The van der Waals surface area contributed by atoms with Gasteiger partial charge in [0.15, 0.2) is 0 Å². The lowest BCUT2D eigenvalue weighted by Crippen LogP contribution is -2.30. The molecule has 4 nitrogen and oxygen atoms in total. The van der Waals surface area contributed by atoms with Crippen LogP contribution in [-0.4, -0.2) is 22.6 Å². The van der Waals surface area contributed by atoms with Gasteiger partial charge in [-0.2, -0.15) is 0 Å². The summed E-state index contributed by atoms with van der Waals surface area (Å²) in [5.74, 6) is 3.33. The van der Waals surface area contributed by atoms with Crippen LogP contribution in [0, 0.1) is 11.8 Å². The van der Waals surface area contributed by atoms with Crippen molar-refractivity contribution in [2.24, 2.45) is 11.8 Å². The summed E-state index contributed by atoms with van der Waals surface area (Å²) >= 11 is 3.59. The Morgan fingerprint density at radius 1 is 1.16 bits per heavy atom. The summed E-state index contributed by atoms with van der Waals surface area (Å²) in [5.41, 5.74) is 0. The molecule has 0 aromatic carbocycles. The standard InChI is InChI=1S/C14H23BrN4/c1-4-16-13-12(15)14(18-8-17-13)19-11-6-9(2)5-10(3)7-11/h8-11H,4-7H2,1-3H3,(H2,16,17,18,19). The normalized spacial score (nSPS) is 27.1. The summed E-state index contributed by atoms with van der Waals surface area (Å²) < 4.78 is 0.933. The average Bonchev–Trinajstić information content (AvgIpc) is 2.33. The molecule has 0 bridgehead atoms. The summed E-state index contributed by atoms with van der Waals surface area (Å²) in [4.78, 5) is 8.60. The monoisotopic (exact) mass is 326 g/mol. The number of nitrogens with one attached hydrogen (secondary N) is 2. The Morgan fingerprint density at radius 2 is 1.79 bits per heavy atom. The maximum absolute atomic E-state index is 4.36. The number of halogens is 1. The zero-order chi connectivity index (χ0) is 13.8. The third-order valence-electron chi connectivity index (χ3n) is 3.65. The van der Waals surface area contributed by atoms with E-state index >= 15 is 0 Å². The van der Waals surface area contributed by atoms with E-state index in [2.05, 4.69) is 57.3 Å². The molecule has 2 rings (SSSR count). The van der Waals surface area contributed by atoms with Gasteiger partial charge in [0.25, 0.3) is 0 Å². The molecule has 1 aromatic heterocycles. The molecule has 1 heterocycles. The maximum atomic E-state index is 4.36. The van der Waals surface area contributed by atoms with Crippen molar-refractivity contribution < 1.29 is 0 Å². The van der Waals surface area contributed by atoms with Crippen molar-refractivity contribution in [2.75, 3.05) is 17.2 Å². The summed E-state index contributed by atoms with van der Waals surface area (Å²) in [5, 5.41) is 6.80. The highest BCUT2D eigenvalue weighted by atomic mass is 79.9. The number of hydrogen-bond donors (Lipinski definition) is 2. The van der Waals surface area contributed by atoms with Crippen LogP contribution < -0.4 is 10.6 Å². The predicted molar refractivity (Wildman–Crippen MR) is 83.5 cm³/mol. The summed E-state index contributed by atoms with van der Waals surface area (Å²) in [6, 6.07) is 0.513. The van der Waals surface area contributed by atoms with Crippen molar-refractivity contribution in [3.8, 4) is 0 Å². The van der Waals surface area contributed by atoms with Crippen molar-refractivity contribution in [3.05, 3.63) is 10.8 Å². The highest BCUT2D eigenvalue weighted by Crippen LogP contribution is 2.33. The Hall–Kier alpha value is -0.840. The second kappa shape index (κ2) is 6.55. The molecule has 0 radical (unpaired) electrons. The largest absolute Gasteiger partial charge is 0.369 e. The van der Waals surface area contributed by atoms with Crippen LogP contribution in [0.5, 0.6) is 0 Å². The van der Waals surface area contributed by atoms with Gasteiger partial charge in [-0.1, -0.05) is 13.8 Å². The minimum atomic E-state index is 0.513. The van der Waals surface area contributed by atoms with E-state index in [4.69, 9.17) is 0 Å². The van der Waals surface area contributed by atoms with E-state index in [0.29, 0.717) is 6.04 Å². The second-order valence-corrected chi connectivity index (χ2v) is 6.47. The molecule has 106 valence electrons. The second-order valence-electron chi connectivity index (χ2n) is 5.67. The Kier molecular flexibility index (Phi) is 5.02. The van der Waals surface area contributed by atoms with Crippen LogP contribution >= 0.6 is 15.9 Å². The van der Waals surface area contributed by atoms with Crippen LogP contribution in [0.1, 0.15) is 40.0 Å². The third kappa shape index (κ3) is 3.81. The van der Waals surface area contributed by atoms with Gasteiger partial charge in [-0.15, -0.1) is 0 Å². The van der Waals surface area contributed by atoms with Gasteiger partial charge >= 0.3 is 0 Å². The molecule has 1 aliphatic rings. The van der Waals surface area contributed by atoms with E-state index in [1.165, 1.54) is 19.3 Å². The topological polar surface area (TPSA) is 49.8 Å². The van der Waals surface area contributed by atoms with Crippen LogP contribution in [0.15, 0.2) is 10.8 Å². The van der Waals surface area contributed by atoms with Crippen LogP contribution in [-0.2, 0) is 0 Å². The molecule has 1 aromatic rings. The minimum absolute atomic E-state index is 0.513. The highest BCUT2D eigenvalue weighted by molar-refractivity contribution is 9.10. The number of hydrogen-bond acceptors (Lipinski definition) is 4. The Bertz CT molecular complexity index is 414. The fraction of sp³-hybridized carbons (Fsp3) is 0.714. The molecule has 2 atom stereocenters. The van der Waals surface area contributed by atoms with E-state index in [1.54, 1.807) is 6.33 Å². The molecule has 2 N–H and O–H groups in total. The predicted octanol–water partition coefficient (Wildman–Crippen LogP) is 3.91. The number of rotatable bonds is 4. The molecule has 0 saturated heterocycles. The van der Waals surface area contributed by atoms with Crippen molar-refractivity contribution in [3.63, 3.8) is 0 Å². The number of anilines is 2. The van der Waals surface area contributed by atoms with Crippen LogP contribution in [0.25, 0.3) is 0 Å². The zero-order valence-electron chi connectivity index (χ0n) is 11.9. The minimum Gasteiger partial charge on any atom is -0.369 e. The first-order valence-electron chi connectivity index (χ1n) is 7.11.